The maximum absolute atomic E-state index is 11.8. The van der Waals surface area contributed by atoms with Crippen molar-refractivity contribution in [3.8, 4) is 5.75 Å². The number of benzene rings is 1. The van der Waals surface area contributed by atoms with Crippen LogP contribution in [0.1, 0.15) is 39.5 Å². The lowest BCUT2D eigenvalue weighted by molar-refractivity contribution is 0.251. The van der Waals surface area contributed by atoms with Crippen LogP contribution in [0.4, 0.5) is 10.5 Å². The summed E-state index contributed by atoms with van der Waals surface area (Å²) in [5.74, 6) is -0.211. The number of nitrogens with one attached hydrogen (secondary N) is 2. The number of carbonyl (C=O) groups excluding carboxylic acids is 1. The van der Waals surface area contributed by atoms with Crippen LogP contribution in [-0.4, -0.2) is 31.9 Å². The van der Waals surface area contributed by atoms with Crippen molar-refractivity contribution < 1.29 is 18.3 Å². The fraction of sp³-hybridized carbons (Fsp3) is 0.533. The van der Waals surface area contributed by atoms with Crippen LogP contribution in [0.15, 0.2) is 23.1 Å². The number of phenolic OH excluding ortho intramolecular Hbond substituents is 1. The zero-order valence-corrected chi connectivity index (χ0v) is 13.9. The minimum atomic E-state index is -3.38. The Morgan fingerprint density at radius 1 is 1.18 bits per heavy atom. The van der Waals surface area contributed by atoms with Crippen molar-refractivity contribution in [1.82, 2.24) is 5.32 Å². The van der Waals surface area contributed by atoms with Crippen molar-refractivity contribution in [2.75, 3.05) is 17.6 Å². The number of aromatic hydroxyl groups is 1. The molecule has 22 heavy (non-hydrogen) atoms. The van der Waals surface area contributed by atoms with Gasteiger partial charge in [-0.1, -0.05) is 33.1 Å². The third-order valence-electron chi connectivity index (χ3n) is 3.27. The summed E-state index contributed by atoms with van der Waals surface area (Å²) in [6.45, 7) is 4.19. The van der Waals surface area contributed by atoms with E-state index in [0.29, 0.717) is 6.54 Å². The van der Waals surface area contributed by atoms with Crippen molar-refractivity contribution in [3.05, 3.63) is 18.2 Å². The highest BCUT2D eigenvalue weighted by Crippen LogP contribution is 2.26. The van der Waals surface area contributed by atoms with E-state index in [4.69, 9.17) is 0 Å². The molecule has 0 bridgehead atoms. The van der Waals surface area contributed by atoms with E-state index < -0.39 is 15.9 Å². The molecule has 1 rings (SSSR count). The Morgan fingerprint density at radius 3 is 2.55 bits per heavy atom. The Kier molecular flexibility index (Phi) is 7.17. The fourth-order valence-electron chi connectivity index (χ4n) is 1.90. The van der Waals surface area contributed by atoms with E-state index in [2.05, 4.69) is 17.6 Å². The van der Waals surface area contributed by atoms with Crippen molar-refractivity contribution in [2.24, 2.45) is 0 Å². The lowest BCUT2D eigenvalue weighted by Crippen LogP contribution is -2.29. The van der Waals surface area contributed by atoms with Gasteiger partial charge in [-0.05, 0) is 24.6 Å². The molecule has 1 aromatic carbocycles. The standard InChI is InChI=1S/C15H24N2O4S/c1-3-5-6-7-10-16-15(19)17-13-11-12(8-9-14(13)18)22(20,21)4-2/h8-9,11,18H,3-7,10H2,1-2H3,(H2,16,17,19). The normalized spacial score (nSPS) is 11.2. The largest absolute Gasteiger partial charge is 0.506 e. The van der Waals surface area contributed by atoms with Gasteiger partial charge in [-0.25, -0.2) is 13.2 Å². The summed E-state index contributed by atoms with van der Waals surface area (Å²) in [7, 11) is -3.38. The molecule has 124 valence electrons. The van der Waals surface area contributed by atoms with Crippen molar-refractivity contribution in [1.29, 1.82) is 0 Å². The molecule has 1 aromatic rings. The number of hydrogen-bond donors (Lipinski definition) is 3. The van der Waals surface area contributed by atoms with Gasteiger partial charge in [0, 0.05) is 6.54 Å². The van der Waals surface area contributed by atoms with Gasteiger partial charge < -0.3 is 15.7 Å². The Balaban J connectivity index is 2.65. The van der Waals surface area contributed by atoms with Gasteiger partial charge in [-0.15, -0.1) is 0 Å². The summed E-state index contributed by atoms with van der Waals surface area (Å²) < 4.78 is 23.6. The van der Waals surface area contributed by atoms with Gasteiger partial charge in [0.15, 0.2) is 9.84 Å². The number of phenols is 1. The van der Waals surface area contributed by atoms with E-state index in [1.807, 2.05) is 0 Å². The molecule has 6 nitrogen and oxygen atoms in total. The van der Waals surface area contributed by atoms with Gasteiger partial charge in [0.05, 0.1) is 16.3 Å². The Labute approximate surface area is 131 Å². The highest BCUT2D eigenvalue weighted by atomic mass is 32.2. The van der Waals surface area contributed by atoms with Gasteiger partial charge in [-0.3, -0.25) is 0 Å². The van der Waals surface area contributed by atoms with Crippen LogP contribution in [0, 0.1) is 0 Å². The molecule has 0 spiro atoms. The number of carbonyl (C=O) groups is 1. The maximum atomic E-state index is 11.8. The van der Waals surface area contributed by atoms with E-state index in [0.717, 1.165) is 25.7 Å². The van der Waals surface area contributed by atoms with Crippen LogP contribution in [0.5, 0.6) is 5.75 Å². The number of hydrogen-bond acceptors (Lipinski definition) is 4. The first-order chi connectivity index (χ1) is 10.4. The van der Waals surface area contributed by atoms with E-state index in [9.17, 15) is 18.3 Å². The molecule has 7 heteroatoms. The van der Waals surface area contributed by atoms with E-state index >= 15 is 0 Å². The van der Waals surface area contributed by atoms with Crippen LogP contribution in [0.3, 0.4) is 0 Å². The molecule has 0 heterocycles. The average molecular weight is 328 g/mol. The second-order valence-electron chi connectivity index (χ2n) is 5.02. The van der Waals surface area contributed by atoms with Gasteiger partial charge in [0.2, 0.25) is 0 Å². The maximum Gasteiger partial charge on any atom is 0.319 e. The number of rotatable bonds is 8. The van der Waals surface area contributed by atoms with Crippen LogP contribution >= 0.6 is 0 Å². The summed E-state index contributed by atoms with van der Waals surface area (Å²) in [5.41, 5.74) is 0.0839. The second-order valence-corrected chi connectivity index (χ2v) is 7.30. The lowest BCUT2D eigenvalue weighted by Gasteiger charge is -2.10. The molecule has 0 aromatic heterocycles. The summed E-state index contributed by atoms with van der Waals surface area (Å²) in [5, 5.41) is 14.9. The topological polar surface area (TPSA) is 95.5 Å². The van der Waals surface area contributed by atoms with Crippen molar-refractivity contribution >= 4 is 21.6 Å². The molecule has 0 aliphatic rings. The monoisotopic (exact) mass is 328 g/mol. The highest BCUT2D eigenvalue weighted by Gasteiger charge is 2.15. The quantitative estimate of drug-likeness (QED) is 0.505. The molecular formula is C15H24N2O4S. The van der Waals surface area contributed by atoms with E-state index in [1.54, 1.807) is 0 Å². The highest BCUT2D eigenvalue weighted by molar-refractivity contribution is 7.91. The number of urea groups is 1. The Bertz CT molecular complexity index is 600. The van der Waals surface area contributed by atoms with Gasteiger partial charge >= 0.3 is 6.03 Å². The molecule has 0 radical (unpaired) electrons. The molecule has 0 unspecified atom stereocenters. The van der Waals surface area contributed by atoms with Crippen LogP contribution < -0.4 is 10.6 Å². The zero-order chi connectivity index (χ0) is 16.6. The van der Waals surface area contributed by atoms with Crippen LogP contribution in [0.2, 0.25) is 0 Å². The van der Waals surface area contributed by atoms with Gasteiger partial charge in [0.25, 0.3) is 0 Å². The van der Waals surface area contributed by atoms with E-state index in [1.165, 1.54) is 25.1 Å². The number of sulfone groups is 1. The Hall–Kier alpha value is -1.76. The summed E-state index contributed by atoms with van der Waals surface area (Å²) in [4.78, 5) is 11.8. The average Bonchev–Trinajstić information content (AvgIpc) is 2.49. The minimum absolute atomic E-state index is 0.0408. The molecule has 3 N–H and O–H groups in total. The zero-order valence-electron chi connectivity index (χ0n) is 13.1. The summed E-state index contributed by atoms with van der Waals surface area (Å²) in [6.07, 6.45) is 4.18. The summed E-state index contributed by atoms with van der Waals surface area (Å²) >= 11 is 0. The molecule has 0 saturated carbocycles. The minimum Gasteiger partial charge on any atom is -0.506 e. The molecular weight excluding hydrogens is 304 g/mol. The van der Waals surface area contributed by atoms with Crippen molar-refractivity contribution in [3.63, 3.8) is 0 Å². The third-order valence-corrected chi connectivity index (χ3v) is 5.00. The first-order valence-corrected chi connectivity index (χ1v) is 9.16. The number of anilines is 1. The SMILES string of the molecule is CCCCCCNC(=O)Nc1cc(S(=O)(=O)CC)ccc1O. The lowest BCUT2D eigenvalue weighted by atomic mass is 10.2. The fourth-order valence-corrected chi connectivity index (χ4v) is 2.80. The number of amides is 2. The van der Waals surface area contributed by atoms with Crippen LogP contribution in [0.25, 0.3) is 0 Å². The van der Waals surface area contributed by atoms with Gasteiger partial charge in [0.1, 0.15) is 5.75 Å². The van der Waals surface area contributed by atoms with Crippen molar-refractivity contribution in [2.45, 2.75) is 44.4 Å². The van der Waals surface area contributed by atoms with Crippen LogP contribution in [-0.2, 0) is 9.84 Å². The smallest absolute Gasteiger partial charge is 0.319 e. The predicted molar refractivity (Wildman–Crippen MR) is 87.0 cm³/mol. The third kappa shape index (κ3) is 5.55. The molecule has 0 aliphatic heterocycles. The first kappa shape index (κ1) is 18.3. The molecule has 2 amide bonds. The molecule has 0 saturated heterocycles. The van der Waals surface area contributed by atoms with E-state index in [-0.39, 0.29) is 22.1 Å². The first-order valence-electron chi connectivity index (χ1n) is 7.51. The molecule has 0 atom stereocenters. The molecule has 0 aliphatic carbocycles. The number of unbranched alkanes of at least 4 members (excludes halogenated alkanes) is 3. The molecule has 0 fully saturated rings. The Morgan fingerprint density at radius 2 is 1.91 bits per heavy atom. The van der Waals surface area contributed by atoms with Gasteiger partial charge in [-0.2, -0.15) is 0 Å². The summed E-state index contributed by atoms with van der Waals surface area (Å²) in [6, 6.07) is 3.39. The second kappa shape index (κ2) is 8.63. The predicted octanol–water partition coefficient (Wildman–Crippen LogP) is 2.89.